The molecule has 3 aromatic rings. The maximum Gasteiger partial charge on any atom is 0.220 e. The molecule has 0 aliphatic carbocycles. The lowest BCUT2D eigenvalue weighted by molar-refractivity contribution is -0.121. The molecule has 1 N–H and O–H groups in total. The second-order valence-electron chi connectivity index (χ2n) is 7.36. The van der Waals surface area contributed by atoms with Gasteiger partial charge in [0.25, 0.3) is 0 Å². The minimum Gasteiger partial charge on any atom is -0.493 e. The lowest BCUT2D eigenvalue weighted by Gasteiger charge is -2.16. The van der Waals surface area contributed by atoms with Crippen molar-refractivity contribution in [1.29, 1.82) is 0 Å². The molecule has 6 heteroatoms. The fraction of sp³-hybridized carbons (Fsp3) is 0.417. The first-order chi connectivity index (χ1) is 14.6. The number of methoxy groups -OCH3 is 1. The summed E-state index contributed by atoms with van der Waals surface area (Å²) in [5, 5.41) is 3.07. The van der Waals surface area contributed by atoms with Gasteiger partial charge in [-0.15, -0.1) is 0 Å². The van der Waals surface area contributed by atoms with Crippen LogP contribution in [0, 0.1) is 0 Å². The maximum atomic E-state index is 12.1. The molecule has 0 fully saturated rings. The first-order valence-electron chi connectivity index (χ1n) is 10.6. The van der Waals surface area contributed by atoms with E-state index in [2.05, 4.69) is 16.0 Å². The van der Waals surface area contributed by atoms with Crippen LogP contribution in [0.5, 0.6) is 11.5 Å². The molecule has 0 saturated heterocycles. The van der Waals surface area contributed by atoms with Gasteiger partial charge in [-0.3, -0.25) is 4.79 Å². The van der Waals surface area contributed by atoms with Crippen molar-refractivity contribution in [2.75, 3.05) is 13.7 Å². The zero-order valence-corrected chi connectivity index (χ0v) is 18.1. The standard InChI is InChI=1S/C24H31N3O3/c1-4-11-23(28)25-18(2)24-26-19-12-5-6-13-20(19)27(24)16-9-10-17-30-22-15-8-7-14-21(22)29-3/h5-8,12-15,18H,4,9-11,16-17H2,1-3H3,(H,25,28). The van der Waals surface area contributed by atoms with Crippen LogP contribution < -0.4 is 14.8 Å². The van der Waals surface area contributed by atoms with E-state index in [1.165, 1.54) is 0 Å². The zero-order valence-electron chi connectivity index (χ0n) is 18.1. The number of carbonyl (C=O) groups excluding carboxylic acids is 1. The fourth-order valence-electron chi connectivity index (χ4n) is 3.56. The Labute approximate surface area is 178 Å². The number of ether oxygens (including phenoxy) is 2. The van der Waals surface area contributed by atoms with Gasteiger partial charge in [-0.1, -0.05) is 31.2 Å². The van der Waals surface area contributed by atoms with Crippen LogP contribution in [0.15, 0.2) is 48.5 Å². The number of aryl methyl sites for hydroxylation is 1. The Morgan fingerprint density at radius 2 is 1.83 bits per heavy atom. The van der Waals surface area contributed by atoms with Crippen LogP contribution in [0.1, 0.15) is 51.4 Å². The third-order valence-corrected chi connectivity index (χ3v) is 5.03. The fourth-order valence-corrected chi connectivity index (χ4v) is 3.56. The summed E-state index contributed by atoms with van der Waals surface area (Å²) in [5.41, 5.74) is 2.05. The Balaban J connectivity index is 1.63. The number of hydrogen-bond acceptors (Lipinski definition) is 4. The lowest BCUT2D eigenvalue weighted by Crippen LogP contribution is -2.28. The molecule has 0 saturated carbocycles. The normalized spacial score (nSPS) is 12.0. The second kappa shape index (κ2) is 10.7. The van der Waals surface area contributed by atoms with E-state index in [1.54, 1.807) is 7.11 Å². The van der Waals surface area contributed by atoms with Crippen LogP contribution >= 0.6 is 0 Å². The van der Waals surface area contributed by atoms with Gasteiger partial charge in [0.1, 0.15) is 5.82 Å². The molecule has 0 spiro atoms. The molecule has 0 bridgehead atoms. The number of carbonyl (C=O) groups is 1. The molecule has 0 aliphatic heterocycles. The molecule has 1 aromatic heterocycles. The maximum absolute atomic E-state index is 12.1. The van der Waals surface area contributed by atoms with Crippen LogP contribution in [0.2, 0.25) is 0 Å². The zero-order chi connectivity index (χ0) is 21.3. The summed E-state index contributed by atoms with van der Waals surface area (Å²) in [5.74, 6) is 2.47. The smallest absolute Gasteiger partial charge is 0.220 e. The van der Waals surface area contributed by atoms with Crippen molar-refractivity contribution in [3.05, 3.63) is 54.4 Å². The average Bonchev–Trinajstić information content (AvgIpc) is 3.13. The average molecular weight is 410 g/mol. The summed E-state index contributed by atoms with van der Waals surface area (Å²) in [6.07, 6.45) is 3.21. The summed E-state index contributed by atoms with van der Waals surface area (Å²) in [4.78, 5) is 16.9. The monoisotopic (exact) mass is 409 g/mol. The summed E-state index contributed by atoms with van der Waals surface area (Å²) < 4.78 is 13.4. The second-order valence-corrected chi connectivity index (χ2v) is 7.36. The van der Waals surface area contributed by atoms with Crippen molar-refractivity contribution >= 4 is 16.9 Å². The number of nitrogens with zero attached hydrogens (tertiary/aromatic N) is 2. The van der Waals surface area contributed by atoms with E-state index in [9.17, 15) is 4.79 Å². The molecule has 1 heterocycles. The molecule has 0 aliphatic rings. The number of rotatable bonds is 11. The molecule has 30 heavy (non-hydrogen) atoms. The van der Waals surface area contributed by atoms with Crippen molar-refractivity contribution in [2.24, 2.45) is 0 Å². The molecule has 6 nitrogen and oxygen atoms in total. The van der Waals surface area contributed by atoms with Gasteiger partial charge in [-0.2, -0.15) is 0 Å². The minimum atomic E-state index is -0.138. The van der Waals surface area contributed by atoms with Gasteiger partial charge in [0.2, 0.25) is 5.91 Å². The number of hydrogen-bond donors (Lipinski definition) is 1. The first-order valence-corrected chi connectivity index (χ1v) is 10.6. The highest BCUT2D eigenvalue weighted by atomic mass is 16.5. The molecule has 160 valence electrons. The molecule has 1 amide bonds. The van der Waals surface area contributed by atoms with Gasteiger partial charge in [0.15, 0.2) is 11.5 Å². The van der Waals surface area contributed by atoms with Crippen molar-refractivity contribution in [3.8, 4) is 11.5 Å². The number of imidazole rings is 1. The van der Waals surface area contributed by atoms with E-state index in [0.717, 1.165) is 54.2 Å². The van der Waals surface area contributed by atoms with Crippen LogP contribution in [-0.2, 0) is 11.3 Å². The molecule has 0 radical (unpaired) electrons. The predicted molar refractivity (Wildman–Crippen MR) is 119 cm³/mol. The first kappa shape index (κ1) is 21.7. The lowest BCUT2D eigenvalue weighted by atomic mass is 10.2. The number of para-hydroxylation sites is 4. The Hall–Kier alpha value is -3.02. The number of nitrogens with one attached hydrogen (secondary N) is 1. The number of fused-ring (bicyclic) bond motifs is 1. The quantitative estimate of drug-likeness (QED) is 0.458. The highest BCUT2D eigenvalue weighted by Gasteiger charge is 2.18. The van der Waals surface area contributed by atoms with Crippen LogP contribution in [0.25, 0.3) is 11.0 Å². The highest BCUT2D eigenvalue weighted by Crippen LogP contribution is 2.26. The van der Waals surface area contributed by atoms with E-state index in [0.29, 0.717) is 13.0 Å². The third kappa shape index (κ3) is 5.32. The Bertz CT molecular complexity index is 967. The molecular weight excluding hydrogens is 378 g/mol. The molecule has 2 aromatic carbocycles. The van der Waals surface area contributed by atoms with Crippen molar-refractivity contribution < 1.29 is 14.3 Å². The number of amides is 1. The summed E-state index contributed by atoms with van der Waals surface area (Å²) in [6, 6.07) is 15.7. The summed E-state index contributed by atoms with van der Waals surface area (Å²) in [6.45, 7) is 5.44. The van der Waals surface area contributed by atoms with Crippen molar-refractivity contribution in [2.45, 2.75) is 52.1 Å². The van der Waals surface area contributed by atoms with Gasteiger partial charge in [0.05, 0.1) is 30.8 Å². The van der Waals surface area contributed by atoms with Gasteiger partial charge in [-0.05, 0) is 50.5 Å². The Morgan fingerprint density at radius 1 is 1.10 bits per heavy atom. The molecule has 3 rings (SSSR count). The van der Waals surface area contributed by atoms with E-state index >= 15 is 0 Å². The van der Waals surface area contributed by atoms with Gasteiger partial charge >= 0.3 is 0 Å². The predicted octanol–water partition coefficient (Wildman–Crippen LogP) is 4.88. The summed E-state index contributed by atoms with van der Waals surface area (Å²) in [7, 11) is 1.65. The minimum absolute atomic E-state index is 0.0637. The van der Waals surface area contributed by atoms with E-state index in [-0.39, 0.29) is 11.9 Å². The third-order valence-electron chi connectivity index (χ3n) is 5.03. The molecule has 1 unspecified atom stereocenters. The SMILES string of the molecule is CCCC(=O)NC(C)c1nc2ccccc2n1CCCCOc1ccccc1OC. The number of unbranched alkanes of at least 4 members (excludes halogenated alkanes) is 1. The van der Waals surface area contributed by atoms with Crippen LogP contribution in [-0.4, -0.2) is 29.2 Å². The van der Waals surface area contributed by atoms with Gasteiger partial charge < -0.3 is 19.4 Å². The van der Waals surface area contributed by atoms with E-state index in [1.807, 2.05) is 56.3 Å². The molecule has 1 atom stereocenters. The van der Waals surface area contributed by atoms with Crippen molar-refractivity contribution in [1.82, 2.24) is 14.9 Å². The van der Waals surface area contributed by atoms with E-state index < -0.39 is 0 Å². The number of aromatic nitrogens is 2. The Kier molecular flexibility index (Phi) is 7.71. The van der Waals surface area contributed by atoms with Gasteiger partial charge in [-0.25, -0.2) is 4.98 Å². The molecular formula is C24H31N3O3. The largest absolute Gasteiger partial charge is 0.493 e. The highest BCUT2D eigenvalue weighted by molar-refractivity contribution is 5.78. The van der Waals surface area contributed by atoms with Crippen molar-refractivity contribution in [3.63, 3.8) is 0 Å². The topological polar surface area (TPSA) is 65.4 Å². The van der Waals surface area contributed by atoms with E-state index in [4.69, 9.17) is 14.5 Å². The van der Waals surface area contributed by atoms with Crippen LogP contribution in [0.3, 0.4) is 0 Å². The number of benzene rings is 2. The summed E-state index contributed by atoms with van der Waals surface area (Å²) >= 11 is 0. The van der Waals surface area contributed by atoms with Gasteiger partial charge in [0, 0.05) is 13.0 Å². The van der Waals surface area contributed by atoms with Crippen LogP contribution in [0.4, 0.5) is 0 Å². The Morgan fingerprint density at radius 3 is 2.60 bits per heavy atom.